The summed E-state index contributed by atoms with van der Waals surface area (Å²) in [5.41, 5.74) is 2.12. The van der Waals surface area contributed by atoms with Crippen molar-refractivity contribution in [2.75, 3.05) is 0 Å². The predicted molar refractivity (Wildman–Crippen MR) is 82.8 cm³/mol. The number of benzene rings is 1. The molecule has 3 nitrogen and oxygen atoms in total. The first-order chi connectivity index (χ1) is 9.08. The maximum absolute atomic E-state index is 11.3. The number of nitrogens with zero attached hydrogens (tertiary/aromatic N) is 1. The minimum absolute atomic E-state index is 0.298. The first-order valence-corrected chi connectivity index (χ1v) is 7.43. The lowest BCUT2D eigenvalue weighted by Gasteiger charge is -2.12. The Bertz CT molecular complexity index is 661. The molecule has 5 heteroatoms. The molecular formula is C14H11ClINO2. The molecule has 1 aliphatic carbocycles. The molecule has 0 bridgehead atoms. The van der Waals surface area contributed by atoms with Crippen molar-refractivity contribution in [3.63, 3.8) is 0 Å². The molecule has 0 atom stereocenters. The van der Waals surface area contributed by atoms with E-state index in [2.05, 4.69) is 22.6 Å². The van der Waals surface area contributed by atoms with Gasteiger partial charge >= 0.3 is 5.97 Å². The molecule has 1 aliphatic rings. The molecule has 0 amide bonds. The van der Waals surface area contributed by atoms with Crippen molar-refractivity contribution in [1.82, 2.24) is 4.57 Å². The topological polar surface area (TPSA) is 42.2 Å². The van der Waals surface area contributed by atoms with Crippen LogP contribution in [0.5, 0.6) is 0 Å². The summed E-state index contributed by atoms with van der Waals surface area (Å²) >= 11 is 8.49. The first-order valence-electron chi connectivity index (χ1n) is 5.98. The molecule has 1 N–H and O–H groups in total. The molecular weight excluding hydrogens is 377 g/mol. The van der Waals surface area contributed by atoms with Crippen LogP contribution < -0.4 is 0 Å². The fourth-order valence-electron chi connectivity index (χ4n) is 2.27. The average molecular weight is 388 g/mol. The van der Waals surface area contributed by atoms with Gasteiger partial charge in [-0.3, -0.25) is 0 Å². The second-order valence-corrected chi connectivity index (χ2v) is 6.29. The molecule has 0 spiro atoms. The number of carboxylic acids is 1. The number of halogens is 2. The third kappa shape index (κ3) is 2.39. The molecule has 0 saturated heterocycles. The van der Waals surface area contributed by atoms with Crippen molar-refractivity contribution in [2.24, 2.45) is 0 Å². The van der Waals surface area contributed by atoms with Crippen LogP contribution in [0.2, 0.25) is 5.02 Å². The van der Waals surface area contributed by atoms with Crippen LogP contribution in [0.1, 0.15) is 29.4 Å². The fraction of sp³-hybridized carbons (Fsp3) is 0.214. The molecule has 1 saturated carbocycles. The largest absolute Gasteiger partial charge is 0.477 e. The number of aromatic carboxylic acids is 1. The Balaban J connectivity index is 2.17. The summed E-state index contributed by atoms with van der Waals surface area (Å²) in [5, 5.41) is 9.92. The van der Waals surface area contributed by atoms with Gasteiger partial charge < -0.3 is 9.67 Å². The van der Waals surface area contributed by atoms with Crippen LogP contribution in [0.3, 0.4) is 0 Å². The summed E-state index contributed by atoms with van der Waals surface area (Å²) in [5.74, 6) is -0.889. The summed E-state index contributed by atoms with van der Waals surface area (Å²) < 4.78 is 2.96. The van der Waals surface area contributed by atoms with Crippen LogP contribution in [0.25, 0.3) is 11.3 Å². The Morgan fingerprint density at radius 2 is 2.05 bits per heavy atom. The SMILES string of the molecule is O=C(O)c1ccc(-c2ccc(I)cc2Cl)n1C1CC1. The van der Waals surface area contributed by atoms with Gasteiger partial charge in [0.25, 0.3) is 0 Å². The van der Waals surface area contributed by atoms with Gasteiger partial charge in [-0.15, -0.1) is 0 Å². The molecule has 3 rings (SSSR count). The van der Waals surface area contributed by atoms with E-state index >= 15 is 0 Å². The summed E-state index contributed by atoms with van der Waals surface area (Å²) in [6.07, 6.45) is 2.06. The number of rotatable bonds is 3. The Kier molecular flexibility index (Phi) is 3.30. The van der Waals surface area contributed by atoms with Crippen molar-refractivity contribution in [1.29, 1.82) is 0 Å². The zero-order valence-corrected chi connectivity index (χ0v) is 12.9. The van der Waals surface area contributed by atoms with E-state index in [4.69, 9.17) is 11.6 Å². The lowest BCUT2D eigenvalue weighted by Crippen LogP contribution is -2.08. The van der Waals surface area contributed by atoms with Crippen molar-refractivity contribution >= 4 is 40.2 Å². The standard InChI is InChI=1S/C14H11ClINO2/c15-11-7-8(16)1-4-10(11)12-5-6-13(14(18)19)17(12)9-2-3-9/h1,4-7,9H,2-3H2,(H,18,19). The number of hydrogen-bond acceptors (Lipinski definition) is 1. The second-order valence-electron chi connectivity index (χ2n) is 4.63. The van der Waals surface area contributed by atoms with E-state index in [1.807, 2.05) is 28.8 Å². The van der Waals surface area contributed by atoms with Gasteiger partial charge in [0, 0.05) is 15.2 Å². The maximum atomic E-state index is 11.3. The van der Waals surface area contributed by atoms with E-state index < -0.39 is 5.97 Å². The van der Waals surface area contributed by atoms with Gasteiger partial charge in [0.2, 0.25) is 0 Å². The average Bonchev–Trinajstić information content (AvgIpc) is 3.08. The molecule has 1 aromatic heterocycles. The summed E-state index contributed by atoms with van der Waals surface area (Å²) in [7, 11) is 0. The van der Waals surface area contributed by atoms with E-state index in [1.165, 1.54) is 0 Å². The Hall–Kier alpha value is -1.01. The molecule has 0 unspecified atom stereocenters. The van der Waals surface area contributed by atoms with E-state index in [-0.39, 0.29) is 0 Å². The Morgan fingerprint density at radius 1 is 1.32 bits per heavy atom. The van der Waals surface area contributed by atoms with Crippen molar-refractivity contribution in [3.8, 4) is 11.3 Å². The minimum atomic E-state index is -0.889. The Morgan fingerprint density at radius 3 is 2.63 bits per heavy atom. The zero-order valence-electron chi connectivity index (χ0n) is 9.94. The lowest BCUT2D eigenvalue weighted by atomic mass is 10.1. The maximum Gasteiger partial charge on any atom is 0.352 e. The monoisotopic (exact) mass is 387 g/mol. The van der Waals surface area contributed by atoms with Crippen LogP contribution in [-0.2, 0) is 0 Å². The molecule has 19 heavy (non-hydrogen) atoms. The van der Waals surface area contributed by atoms with Gasteiger partial charge in [-0.1, -0.05) is 17.7 Å². The lowest BCUT2D eigenvalue weighted by molar-refractivity contribution is 0.0685. The summed E-state index contributed by atoms with van der Waals surface area (Å²) in [6.45, 7) is 0. The molecule has 1 heterocycles. The van der Waals surface area contributed by atoms with Gasteiger partial charge in [-0.05, 0) is 59.7 Å². The number of carboxylic acid groups (broad SMARTS) is 1. The highest BCUT2D eigenvalue weighted by Gasteiger charge is 2.30. The molecule has 0 aliphatic heterocycles. The normalized spacial score (nSPS) is 14.6. The summed E-state index contributed by atoms with van der Waals surface area (Å²) in [6, 6.07) is 9.62. The predicted octanol–water partition coefficient (Wildman–Crippen LogP) is 4.45. The van der Waals surface area contributed by atoms with Gasteiger partial charge in [0.15, 0.2) is 0 Å². The number of aromatic nitrogens is 1. The van der Waals surface area contributed by atoms with Crippen molar-refractivity contribution in [3.05, 3.63) is 44.6 Å². The van der Waals surface area contributed by atoms with Crippen LogP contribution >= 0.6 is 34.2 Å². The van der Waals surface area contributed by atoms with Crippen LogP contribution in [0.15, 0.2) is 30.3 Å². The third-order valence-corrected chi connectivity index (χ3v) is 4.24. The first kappa shape index (κ1) is 13.0. The Labute approximate surface area is 129 Å². The number of carbonyl (C=O) groups is 1. The molecule has 2 aromatic rings. The third-order valence-electron chi connectivity index (χ3n) is 3.26. The van der Waals surface area contributed by atoms with Gasteiger partial charge in [0.1, 0.15) is 5.69 Å². The van der Waals surface area contributed by atoms with Crippen LogP contribution in [0, 0.1) is 3.57 Å². The fourth-order valence-corrected chi connectivity index (χ4v) is 3.22. The second kappa shape index (κ2) is 4.83. The molecule has 1 aromatic carbocycles. The van der Waals surface area contributed by atoms with Crippen LogP contribution in [-0.4, -0.2) is 15.6 Å². The van der Waals surface area contributed by atoms with Gasteiger partial charge in [-0.25, -0.2) is 4.79 Å². The van der Waals surface area contributed by atoms with E-state index in [1.54, 1.807) is 6.07 Å². The van der Waals surface area contributed by atoms with E-state index in [0.717, 1.165) is 27.7 Å². The summed E-state index contributed by atoms with van der Waals surface area (Å²) in [4.78, 5) is 11.3. The van der Waals surface area contributed by atoms with Gasteiger partial charge in [0.05, 0.1) is 10.7 Å². The zero-order chi connectivity index (χ0) is 13.6. The highest BCUT2D eigenvalue weighted by molar-refractivity contribution is 14.1. The van der Waals surface area contributed by atoms with Crippen molar-refractivity contribution < 1.29 is 9.90 Å². The van der Waals surface area contributed by atoms with E-state index in [0.29, 0.717) is 16.8 Å². The molecule has 0 radical (unpaired) electrons. The molecule has 98 valence electrons. The molecule has 1 fully saturated rings. The highest BCUT2D eigenvalue weighted by atomic mass is 127. The van der Waals surface area contributed by atoms with Gasteiger partial charge in [-0.2, -0.15) is 0 Å². The van der Waals surface area contributed by atoms with Crippen LogP contribution in [0.4, 0.5) is 0 Å². The van der Waals surface area contributed by atoms with Crippen molar-refractivity contribution in [2.45, 2.75) is 18.9 Å². The quantitative estimate of drug-likeness (QED) is 0.791. The number of hydrogen-bond donors (Lipinski definition) is 1. The smallest absolute Gasteiger partial charge is 0.352 e. The van der Waals surface area contributed by atoms with E-state index in [9.17, 15) is 9.90 Å². The highest BCUT2D eigenvalue weighted by Crippen LogP contribution is 2.42. The minimum Gasteiger partial charge on any atom is -0.477 e.